The van der Waals surface area contributed by atoms with Gasteiger partial charge < -0.3 is 10.5 Å². The molecule has 0 aromatic heterocycles. The molecule has 0 bridgehead atoms. The minimum absolute atomic E-state index is 0.511. The van der Waals surface area contributed by atoms with Crippen LogP contribution in [0.15, 0.2) is 0 Å². The lowest BCUT2D eigenvalue weighted by atomic mass is 9.86. The summed E-state index contributed by atoms with van der Waals surface area (Å²) < 4.78 is 5.46. The number of hydrogen-bond donors (Lipinski definition) is 1. The van der Waals surface area contributed by atoms with E-state index in [9.17, 15) is 0 Å². The van der Waals surface area contributed by atoms with Crippen LogP contribution in [0.3, 0.4) is 0 Å². The zero-order valence-electron chi connectivity index (χ0n) is 11.4. The standard InChI is InChI=1S/C14H28N2O/c1-11-3-4-12(9-15)10-16(11)13-5-7-14(17-2)8-6-13/h11-14H,3-10,15H2,1-2H3. The number of nitrogens with two attached hydrogens (primary N) is 1. The Bertz CT molecular complexity index is 226. The first-order chi connectivity index (χ1) is 8.24. The first-order valence-electron chi connectivity index (χ1n) is 7.23. The topological polar surface area (TPSA) is 38.5 Å². The summed E-state index contributed by atoms with van der Waals surface area (Å²) in [5.41, 5.74) is 5.84. The summed E-state index contributed by atoms with van der Waals surface area (Å²) in [5.74, 6) is 0.728. The Morgan fingerprint density at radius 1 is 1.12 bits per heavy atom. The zero-order chi connectivity index (χ0) is 12.3. The molecule has 1 saturated carbocycles. The van der Waals surface area contributed by atoms with Crippen LogP contribution >= 0.6 is 0 Å². The zero-order valence-corrected chi connectivity index (χ0v) is 11.4. The predicted octanol–water partition coefficient (Wildman–Crippen LogP) is 2.00. The van der Waals surface area contributed by atoms with Gasteiger partial charge in [-0.3, -0.25) is 4.90 Å². The van der Waals surface area contributed by atoms with Crippen LogP contribution in [0.5, 0.6) is 0 Å². The third kappa shape index (κ3) is 3.21. The van der Waals surface area contributed by atoms with Crippen LogP contribution in [0.4, 0.5) is 0 Å². The Hall–Kier alpha value is -0.120. The van der Waals surface area contributed by atoms with Gasteiger partial charge in [-0.2, -0.15) is 0 Å². The molecule has 2 atom stereocenters. The van der Waals surface area contributed by atoms with E-state index in [1.165, 1.54) is 45.1 Å². The monoisotopic (exact) mass is 240 g/mol. The van der Waals surface area contributed by atoms with Crippen LogP contribution in [-0.2, 0) is 4.74 Å². The average molecular weight is 240 g/mol. The van der Waals surface area contributed by atoms with E-state index in [2.05, 4.69) is 11.8 Å². The van der Waals surface area contributed by atoms with Gasteiger partial charge in [0.1, 0.15) is 0 Å². The van der Waals surface area contributed by atoms with Gasteiger partial charge in [0.15, 0.2) is 0 Å². The summed E-state index contributed by atoms with van der Waals surface area (Å²) in [6.07, 6.45) is 8.24. The van der Waals surface area contributed by atoms with Gasteiger partial charge in [-0.25, -0.2) is 0 Å². The van der Waals surface area contributed by atoms with Crippen molar-refractivity contribution in [3.63, 3.8) is 0 Å². The van der Waals surface area contributed by atoms with Crippen molar-refractivity contribution in [2.45, 2.75) is 63.6 Å². The maximum absolute atomic E-state index is 5.84. The van der Waals surface area contributed by atoms with Crippen molar-refractivity contribution in [3.8, 4) is 0 Å². The summed E-state index contributed by atoms with van der Waals surface area (Å²) in [7, 11) is 1.85. The fourth-order valence-corrected chi connectivity index (χ4v) is 3.53. The van der Waals surface area contributed by atoms with E-state index in [1.54, 1.807) is 0 Å². The number of rotatable bonds is 3. The Kier molecular flexibility index (Phi) is 4.83. The minimum atomic E-state index is 0.511. The molecule has 100 valence electrons. The van der Waals surface area contributed by atoms with Crippen molar-refractivity contribution in [3.05, 3.63) is 0 Å². The summed E-state index contributed by atoms with van der Waals surface area (Å²) in [5, 5.41) is 0. The SMILES string of the molecule is COC1CCC(N2CC(CN)CCC2C)CC1. The van der Waals surface area contributed by atoms with E-state index in [-0.39, 0.29) is 0 Å². The maximum atomic E-state index is 5.84. The quantitative estimate of drug-likeness (QED) is 0.820. The fourth-order valence-electron chi connectivity index (χ4n) is 3.53. The Labute approximate surface area is 106 Å². The third-order valence-electron chi connectivity index (χ3n) is 4.81. The molecule has 3 heteroatoms. The molecule has 1 aliphatic carbocycles. The Balaban J connectivity index is 1.87. The van der Waals surface area contributed by atoms with Gasteiger partial charge in [-0.15, -0.1) is 0 Å². The van der Waals surface area contributed by atoms with Gasteiger partial charge in [0, 0.05) is 25.7 Å². The molecule has 2 aliphatic rings. The highest BCUT2D eigenvalue weighted by atomic mass is 16.5. The van der Waals surface area contributed by atoms with Crippen molar-refractivity contribution >= 4 is 0 Å². The summed E-state index contributed by atoms with van der Waals surface area (Å²) >= 11 is 0. The number of piperidine rings is 1. The van der Waals surface area contributed by atoms with Crippen molar-refractivity contribution < 1.29 is 4.74 Å². The van der Waals surface area contributed by atoms with Crippen LogP contribution in [-0.4, -0.2) is 43.3 Å². The second-order valence-corrected chi connectivity index (χ2v) is 5.89. The van der Waals surface area contributed by atoms with E-state index in [1.807, 2.05) is 7.11 Å². The molecular weight excluding hydrogens is 212 g/mol. The van der Waals surface area contributed by atoms with Crippen molar-refractivity contribution in [1.29, 1.82) is 0 Å². The van der Waals surface area contributed by atoms with E-state index in [0.29, 0.717) is 6.10 Å². The molecule has 3 nitrogen and oxygen atoms in total. The minimum Gasteiger partial charge on any atom is -0.381 e. The van der Waals surface area contributed by atoms with Crippen LogP contribution in [0, 0.1) is 5.92 Å². The van der Waals surface area contributed by atoms with E-state index < -0.39 is 0 Å². The largest absolute Gasteiger partial charge is 0.381 e. The summed E-state index contributed by atoms with van der Waals surface area (Å²) in [6.45, 7) is 4.46. The van der Waals surface area contributed by atoms with Crippen molar-refractivity contribution in [2.75, 3.05) is 20.2 Å². The molecular formula is C14H28N2O. The first kappa shape index (κ1) is 13.3. The average Bonchev–Trinajstić information content (AvgIpc) is 2.39. The predicted molar refractivity (Wildman–Crippen MR) is 71.0 cm³/mol. The highest BCUT2D eigenvalue weighted by Gasteiger charge is 2.32. The molecule has 0 aromatic rings. The van der Waals surface area contributed by atoms with Gasteiger partial charge >= 0.3 is 0 Å². The molecule has 1 saturated heterocycles. The van der Waals surface area contributed by atoms with E-state index in [0.717, 1.165) is 24.5 Å². The van der Waals surface area contributed by atoms with Crippen molar-refractivity contribution in [1.82, 2.24) is 4.90 Å². The number of hydrogen-bond acceptors (Lipinski definition) is 3. The van der Waals surface area contributed by atoms with Crippen LogP contribution in [0.1, 0.15) is 45.4 Å². The van der Waals surface area contributed by atoms with Gasteiger partial charge in [0.25, 0.3) is 0 Å². The van der Waals surface area contributed by atoms with Crippen LogP contribution in [0.2, 0.25) is 0 Å². The van der Waals surface area contributed by atoms with Crippen LogP contribution in [0.25, 0.3) is 0 Å². The molecule has 0 spiro atoms. The molecule has 1 aliphatic heterocycles. The normalized spacial score (nSPS) is 40.4. The Morgan fingerprint density at radius 3 is 2.41 bits per heavy atom. The highest BCUT2D eigenvalue weighted by molar-refractivity contribution is 4.87. The third-order valence-corrected chi connectivity index (χ3v) is 4.81. The van der Waals surface area contributed by atoms with Gasteiger partial charge in [0.05, 0.1) is 6.10 Å². The molecule has 0 radical (unpaired) electrons. The summed E-state index contributed by atoms with van der Waals surface area (Å²) in [6, 6.07) is 1.53. The molecule has 2 N–H and O–H groups in total. The summed E-state index contributed by atoms with van der Waals surface area (Å²) in [4.78, 5) is 2.73. The number of methoxy groups -OCH3 is 1. The highest BCUT2D eigenvalue weighted by Crippen LogP contribution is 2.30. The van der Waals surface area contributed by atoms with Gasteiger partial charge in [-0.1, -0.05) is 0 Å². The molecule has 0 amide bonds. The molecule has 0 aromatic carbocycles. The smallest absolute Gasteiger partial charge is 0.0572 e. The van der Waals surface area contributed by atoms with Gasteiger partial charge in [0.2, 0.25) is 0 Å². The lowest BCUT2D eigenvalue weighted by Crippen LogP contribution is -2.50. The molecule has 17 heavy (non-hydrogen) atoms. The molecule has 2 unspecified atom stereocenters. The fraction of sp³-hybridized carbons (Fsp3) is 1.00. The Morgan fingerprint density at radius 2 is 1.82 bits per heavy atom. The van der Waals surface area contributed by atoms with Crippen molar-refractivity contribution in [2.24, 2.45) is 11.7 Å². The van der Waals surface area contributed by atoms with Crippen LogP contribution < -0.4 is 5.73 Å². The van der Waals surface area contributed by atoms with Gasteiger partial charge in [-0.05, 0) is 57.9 Å². The number of likely N-dealkylation sites (tertiary alicyclic amines) is 1. The molecule has 2 rings (SSSR count). The van der Waals surface area contributed by atoms with E-state index in [4.69, 9.17) is 10.5 Å². The second-order valence-electron chi connectivity index (χ2n) is 5.89. The lowest BCUT2D eigenvalue weighted by Gasteiger charge is -2.45. The maximum Gasteiger partial charge on any atom is 0.0572 e. The first-order valence-corrected chi connectivity index (χ1v) is 7.23. The second kappa shape index (κ2) is 6.17. The van der Waals surface area contributed by atoms with E-state index >= 15 is 0 Å². The number of ether oxygens (including phenoxy) is 1. The molecule has 1 heterocycles. The lowest BCUT2D eigenvalue weighted by molar-refractivity contribution is 0.00893. The number of nitrogens with zero attached hydrogens (tertiary/aromatic N) is 1. The molecule has 2 fully saturated rings.